The van der Waals surface area contributed by atoms with Gasteiger partial charge in [-0.05, 0) is 20.8 Å². The van der Waals surface area contributed by atoms with Crippen molar-refractivity contribution in [1.29, 1.82) is 0 Å². The zero-order valence-electron chi connectivity index (χ0n) is 9.15. The summed E-state index contributed by atoms with van der Waals surface area (Å²) >= 11 is 0. The van der Waals surface area contributed by atoms with Gasteiger partial charge < -0.3 is 9.47 Å². The number of hydrogen-bond donors (Lipinski definition) is 0. The van der Waals surface area contributed by atoms with Gasteiger partial charge in [0.05, 0.1) is 13.1 Å². The number of rotatable bonds is 0. The Hall–Kier alpha value is -1.10. The third kappa shape index (κ3) is 2.28. The van der Waals surface area contributed by atoms with E-state index in [0.717, 1.165) is 0 Å². The lowest BCUT2D eigenvalue weighted by Gasteiger charge is -2.27. The molecule has 2 aliphatic rings. The average Bonchev–Trinajstić information content (AvgIpc) is 2.79. The molecule has 2 saturated heterocycles. The molecule has 0 bridgehead atoms. The van der Waals surface area contributed by atoms with Crippen LogP contribution in [0.15, 0.2) is 0 Å². The van der Waals surface area contributed by atoms with E-state index in [1.54, 1.807) is 20.8 Å². The van der Waals surface area contributed by atoms with Crippen molar-refractivity contribution in [2.24, 2.45) is 0 Å². The summed E-state index contributed by atoms with van der Waals surface area (Å²) in [6.07, 6.45) is -0.799. The van der Waals surface area contributed by atoms with E-state index in [1.165, 1.54) is 4.90 Å². The maximum atomic E-state index is 11.6. The van der Waals surface area contributed by atoms with E-state index in [4.69, 9.17) is 9.47 Å². The maximum absolute atomic E-state index is 11.6. The van der Waals surface area contributed by atoms with Gasteiger partial charge >= 0.3 is 6.09 Å². The van der Waals surface area contributed by atoms with Gasteiger partial charge in [0.2, 0.25) is 0 Å². The molecule has 0 unspecified atom stereocenters. The minimum absolute atomic E-state index is 0.0305. The zero-order chi connectivity index (χ0) is 11.2. The van der Waals surface area contributed by atoms with Gasteiger partial charge in [-0.2, -0.15) is 0 Å². The van der Waals surface area contributed by atoms with Crippen molar-refractivity contribution in [3.05, 3.63) is 0 Å². The fourth-order valence-corrected chi connectivity index (χ4v) is 1.59. The van der Waals surface area contributed by atoms with Gasteiger partial charge in [-0.25, -0.2) is 4.79 Å². The molecule has 1 amide bonds. The highest BCUT2D eigenvalue weighted by atomic mass is 16.6. The molecule has 5 nitrogen and oxygen atoms in total. The molecule has 2 atom stereocenters. The maximum Gasteiger partial charge on any atom is 0.410 e. The third-order valence-corrected chi connectivity index (χ3v) is 2.30. The highest BCUT2D eigenvalue weighted by Crippen LogP contribution is 2.29. The highest BCUT2D eigenvalue weighted by molar-refractivity contribution is 5.91. The van der Waals surface area contributed by atoms with E-state index in [2.05, 4.69) is 0 Å². The van der Waals surface area contributed by atoms with E-state index >= 15 is 0 Å². The van der Waals surface area contributed by atoms with E-state index in [-0.39, 0.29) is 24.5 Å². The average molecular weight is 213 g/mol. The molecule has 2 aliphatic heterocycles. The predicted octanol–water partition coefficient (Wildman–Crippen LogP) is 0.574. The summed E-state index contributed by atoms with van der Waals surface area (Å²) in [4.78, 5) is 24.4. The van der Waals surface area contributed by atoms with Crippen LogP contribution < -0.4 is 0 Å². The van der Waals surface area contributed by atoms with Crippen LogP contribution in [0.25, 0.3) is 0 Å². The summed E-state index contributed by atoms with van der Waals surface area (Å²) in [5, 5.41) is 0. The van der Waals surface area contributed by atoms with Crippen LogP contribution in [-0.2, 0) is 14.3 Å². The number of hydrogen-bond acceptors (Lipinski definition) is 4. The van der Waals surface area contributed by atoms with Gasteiger partial charge in [0, 0.05) is 0 Å². The summed E-state index contributed by atoms with van der Waals surface area (Å²) in [6, 6.07) is 0. The summed E-state index contributed by atoms with van der Waals surface area (Å²) in [5.41, 5.74) is -0.526. The Bertz CT molecular complexity index is 307. The number of epoxide rings is 1. The Morgan fingerprint density at radius 1 is 1.53 bits per heavy atom. The third-order valence-electron chi connectivity index (χ3n) is 2.30. The summed E-state index contributed by atoms with van der Waals surface area (Å²) in [7, 11) is 0. The van der Waals surface area contributed by atoms with Crippen LogP contribution in [0.4, 0.5) is 4.79 Å². The Morgan fingerprint density at radius 3 is 2.73 bits per heavy atom. The Kier molecular flexibility index (Phi) is 2.22. The zero-order valence-corrected chi connectivity index (χ0v) is 9.15. The van der Waals surface area contributed by atoms with Crippen molar-refractivity contribution < 1.29 is 19.1 Å². The lowest BCUT2D eigenvalue weighted by molar-refractivity contribution is -0.121. The standard InChI is InChI=1S/C10H15NO4/c1-10(2,3)15-9(13)11-4-6(12)8-7(5-11)14-8/h7-8H,4-5H2,1-3H3/t7-,8-/m0/s1. The van der Waals surface area contributed by atoms with Crippen LogP contribution in [0.5, 0.6) is 0 Å². The molecule has 0 N–H and O–H groups in total. The number of ether oxygens (including phenoxy) is 2. The fraction of sp³-hybridized carbons (Fsp3) is 0.800. The molecule has 0 spiro atoms. The molecule has 0 aromatic heterocycles. The smallest absolute Gasteiger partial charge is 0.410 e. The molecule has 2 rings (SSSR count). The molecule has 0 aliphatic carbocycles. The van der Waals surface area contributed by atoms with Gasteiger partial charge in [0.15, 0.2) is 5.78 Å². The first-order valence-electron chi connectivity index (χ1n) is 5.03. The van der Waals surface area contributed by atoms with Gasteiger partial charge in [0.1, 0.15) is 17.8 Å². The van der Waals surface area contributed by atoms with Crippen LogP contribution >= 0.6 is 0 Å². The minimum Gasteiger partial charge on any atom is -0.444 e. The quantitative estimate of drug-likeness (QED) is 0.552. The van der Waals surface area contributed by atoms with Gasteiger partial charge in [0.25, 0.3) is 0 Å². The molecule has 15 heavy (non-hydrogen) atoms. The number of nitrogens with zero attached hydrogens (tertiary/aromatic N) is 1. The first kappa shape index (κ1) is 10.4. The molecule has 84 valence electrons. The summed E-state index contributed by atoms with van der Waals surface area (Å²) < 4.78 is 10.3. The molecule has 2 fully saturated rings. The number of carbonyl (C=O) groups excluding carboxylic acids is 2. The normalized spacial score (nSPS) is 29.8. The van der Waals surface area contributed by atoms with Gasteiger partial charge in [-0.1, -0.05) is 0 Å². The van der Waals surface area contributed by atoms with Crippen molar-refractivity contribution in [3.63, 3.8) is 0 Å². The molecule has 0 aromatic rings. The minimum atomic E-state index is -0.526. The molecule has 0 saturated carbocycles. The number of likely N-dealkylation sites (tertiary alicyclic amines) is 1. The first-order chi connectivity index (χ1) is 6.87. The van der Waals surface area contributed by atoms with Crippen LogP contribution in [0.2, 0.25) is 0 Å². The Balaban J connectivity index is 1.93. The lowest BCUT2D eigenvalue weighted by Crippen LogP contribution is -2.46. The van der Waals surface area contributed by atoms with Crippen LogP contribution in [0.3, 0.4) is 0 Å². The van der Waals surface area contributed by atoms with Gasteiger partial charge in [-0.15, -0.1) is 0 Å². The predicted molar refractivity (Wildman–Crippen MR) is 51.5 cm³/mol. The van der Waals surface area contributed by atoms with E-state index < -0.39 is 11.7 Å². The molecule has 2 heterocycles. The number of fused-ring (bicyclic) bond motifs is 1. The van der Waals surface area contributed by atoms with Crippen LogP contribution in [-0.4, -0.2) is 47.7 Å². The molecular formula is C10H15NO4. The van der Waals surface area contributed by atoms with Crippen LogP contribution in [0, 0.1) is 0 Å². The van der Waals surface area contributed by atoms with Crippen molar-refractivity contribution in [2.45, 2.75) is 38.6 Å². The van der Waals surface area contributed by atoms with E-state index in [1.807, 2.05) is 0 Å². The summed E-state index contributed by atoms with van der Waals surface area (Å²) in [5.74, 6) is -0.0305. The fourth-order valence-electron chi connectivity index (χ4n) is 1.59. The Morgan fingerprint density at radius 2 is 2.20 bits per heavy atom. The first-order valence-corrected chi connectivity index (χ1v) is 5.03. The number of piperidine rings is 1. The molecule has 5 heteroatoms. The second kappa shape index (κ2) is 3.20. The Labute approximate surface area is 88.3 Å². The number of amides is 1. The number of Topliss-reactive ketones (excluding diaryl/α,β-unsaturated/α-hetero) is 1. The van der Waals surface area contributed by atoms with E-state index in [0.29, 0.717) is 6.54 Å². The molecular weight excluding hydrogens is 198 g/mol. The largest absolute Gasteiger partial charge is 0.444 e. The number of ketones is 1. The molecule has 0 radical (unpaired) electrons. The van der Waals surface area contributed by atoms with Crippen molar-refractivity contribution >= 4 is 11.9 Å². The highest BCUT2D eigenvalue weighted by Gasteiger charge is 2.51. The monoisotopic (exact) mass is 213 g/mol. The topological polar surface area (TPSA) is 59.1 Å². The van der Waals surface area contributed by atoms with Crippen molar-refractivity contribution in [2.75, 3.05) is 13.1 Å². The summed E-state index contributed by atoms with van der Waals surface area (Å²) in [6.45, 7) is 5.97. The van der Waals surface area contributed by atoms with E-state index in [9.17, 15) is 9.59 Å². The molecule has 0 aromatic carbocycles. The number of carbonyl (C=O) groups is 2. The van der Waals surface area contributed by atoms with Crippen LogP contribution in [0.1, 0.15) is 20.8 Å². The van der Waals surface area contributed by atoms with Gasteiger partial charge in [-0.3, -0.25) is 9.69 Å². The second-order valence-electron chi connectivity index (χ2n) is 4.92. The lowest BCUT2D eigenvalue weighted by atomic mass is 10.1. The second-order valence-corrected chi connectivity index (χ2v) is 4.92. The van der Waals surface area contributed by atoms with Crippen molar-refractivity contribution in [3.8, 4) is 0 Å². The SMILES string of the molecule is CC(C)(C)OC(=O)N1CC(=O)[C@@H]2O[C@H]2C1. The van der Waals surface area contributed by atoms with Crippen molar-refractivity contribution in [1.82, 2.24) is 4.90 Å².